The highest BCUT2D eigenvalue weighted by molar-refractivity contribution is 9.10. The van der Waals surface area contributed by atoms with Gasteiger partial charge in [0.15, 0.2) is 0 Å². The van der Waals surface area contributed by atoms with Crippen molar-refractivity contribution in [2.45, 2.75) is 13.1 Å². The molecule has 0 atom stereocenters. The Kier molecular flexibility index (Phi) is 6.02. The molecule has 2 rings (SSSR count). The van der Waals surface area contributed by atoms with Crippen LogP contribution < -0.4 is 16.0 Å². The molecule has 0 saturated carbocycles. The Hall–Kier alpha value is -2.28. The number of hydrogen-bond acceptors (Lipinski definition) is 3. The Morgan fingerprint density at radius 2 is 1.91 bits per heavy atom. The van der Waals surface area contributed by atoms with Gasteiger partial charge >= 0.3 is 6.03 Å². The number of furan rings is 1. The maximum absolute atomic E-state index is 11.7. The Morgan fingerprint density at radius 3 is 2.64 bits per heavy atom. The van der Waals surface area contributed by atoms with Gasteiger partial charge in [0.25, 0.3) is 0 Å². The Morgan fingerprint density at radius 1 is 1.05 bits per heavy atom. The predicted molar refractivity (Wildman–Crippen MR) is 84.9 cm³/mol. The second kappa shape index (κ2) is 8.23. The highest BCUT2D eigenvalue weighted by Gasteiger charge is 2.05. The van der Waals surface area contributed by atoms with Gasteiger partial charge in [0.2, 0.25) is 5.91 Å². The van der Waals surface area contributed by atoms with Crippen LogP contribution in [0.1, 0.15) is 11.3 Å². The summed E-state index contributed by atoms with van der Waals surface area (Å²) in [5, 5.41) is 7.80. The topological polar surface area (TPSA) is 83.4 Å². The van der Waals surface area contributed by atoms with Gasteiger partial charge in [-0.15, -0.1) is 0 Å². The zero-order chi connectivity index (χ0) is 15.8. The summed E-state index contributed by atoms with van der Waals surface area (Å²) in [6.45, 7) is 0.602. The Balaban J connectivity index is 1.63. The first kappa shape index (κ1) is 16.1. The lowest BCUT2D eigenvalue weighted by Gasteiger charge is -2.08. The van der Waals surface area contributed by atoms with E-state index in [2.05, 4.69) is 31.9 Å². The van der Waals surface area contributed by atoms with Crippen molar-refractivity contribution < 1.29 is 14.0 Å². The zero-order valence-electron chi connectivity index (χ0n) is 11.8. The maximum atomic E-state index is 11.7. The number of carbonyl (C=O) groups excluding carboxylic acids is 2. The number of hydrogen-bond donors (Lipinski definition) is 3. The van der Waals surface area contributed by atoms with E-state index >= 15 is 0 Å². The van der Waals surface area contributed by atoms with E-state index in [0.29, 0.717) is 12.3 Å². The van der Waals surface area contributed by atoms with Crippen LogP contribution in [-0.2, 0) is 17.9 Å². The van der Waals surface area contributed by atoms with E-state index < -0.39 is 6.03 Å². The summed E-state index contributed by atoms with van der Waals surface area (Å²) in [4.78, 5) is 23.2. The summed E-state index contributed by atoms with van der Waals surface area (Å²) >= 11 is 3.37. The molecular formula is C15H16BrN3O3. The predicted octanol–water partition coefficient (Wildman–Crippen LogP) is 2.16. The quantitative estimate of drug-likeness (QED) is 0.733. The second-order valence-electron chi connectivity index (χ2n) is 4.52. The number of amides is 3. The second-order valence-corrected chi connectivity index (χ2v) is 5.44. The van der Waals surface area contributed by atoms with Crippen LogP contribution in [0.25, 0.3) is 0 Å². The molecule has 0 unspecified atom stereocenters. The maximum Gasteiger partial charge on any atom is 0.315 e. The molecule has 2 aromatic rings. The van der Waals surface area contributed by atoms with Gasteiger partial charge in [-0.2, -0.15) is 0 Å². The number of urea groups is 1. The largest absolute Gasteiger partial charge is 0.467 e. The normalized spacial score (nSPS) is 10.0. The molecule has 0 aliphatic rings. The van der Waals surface area contributed by atoms with Crippen LogP contribution in [0.5, 0.6) is 0 Å². The first-order valence-corrected chi connectivity index (χ1v) is 7.48. The highest BCUT2D eigenvalue weighted by atomic mass is 79.9. The summed E-state index contributed by atoms with van der Waals surface area (Å²) in [6, 6.07) is 10.7. The van der Waals surface area contributed by atoms with Gasteiger partial charge < -0.3 is 20.4 Å². The molecule has 1 heterocycles. The molecule has 0 radical (unpaired) electrons. The molecule has 22 heavy (non-hydrogen) atoms. The summed E-state index contributed by atoms with van der Waals surface area (Å²) in [7, 11) is 0. The van der Waals surface area contributed by atoms with E-state index in [1.807, 2.05) is 24.3 Å². The minimum absolute atomic E-state index is 0.0853. The van der Waals surface area contributed by atoms with Gasteiger partial charge in [0, 0.05) is 11.0 Å². The lowest BCUT2D eigenvalue weighted by atomic mass is 10.2. The van der Waals surface area contributed by atoms with E-state index in [-0.39, 0.29) is 19.0 Å². The van der Waals surface area contributed by atoms with Crippen molar-refractivity contribution in [3.63, 3.8) is 0 Å². The van der Waals surface area contributed by atoms with Gasteiger partial charge in [-0.25, -0.2) is 4.79 Å². The van der Waals surface area contributed by atoms with E-state index in [9.17, 15) is 9.59 Å². The van der Waals surface area contributed by atoms with Crippen LogP contribution in [0, 0.1) is 0 Å². The molecule has 3 amide bonds. The molecule has 0 aliphatic heterocycles. The smallest absolute Gasteiger partial charge is 0.315 e. The van der Waals surface area contributed by atoms with Crippen molar-refractivity contribution in [2.24, 2.45) is 0 Å². The molecule has 7 heteroatoms. The number of halogens is 1. The van der Waals surface area contributed by atoms with E-state index in [4.69, 9.17) is 4.42 Å². The number of carbonyl (C=O) groups is 2. The molecule has 116 valence electrons. The molecule has 6 nitrogen and oxygen atoms in total. The SMILES string of the molecule is O=C(CNC(=O)NCc1ccco1)NCc1cccc(Br)c1. The molecule has 0 fully saturated rings. The van der Waals surface area contributed by atoms with Crippen LogP contribution >= 0.6 is 15.9 Å². The van der Waals surface area contributed by atoms with E-state index in [0.717, 1.165) is 10.0 Å². The van der Waals surface area contributed by atoms with E-state index in [1.165, 1.54) is 6.26 Å². The highest BCUT2D eigenvalue weighted by Crippen LogP contribution is 2.11. The van der Waals surface area contributed by atoms with Crippen molar-refractivity contribution in [2.75, 3.05) is 6.54 Å². The van der Waals surface area contributed by atoms with Gasteiger partial charge in [-0.1, -0.05) is 28.1 Å². The molecule has 1 aromatic carbocycles. The average Bonchev–Trinajstić information content (AvgIpc) is 3.02. The van der Waals surface area contributed by atoms with Crippen molar-refractivity contribution in [1.29, 1.82) is 0 Å². The van der Waals surface area contributed by atoms with Crippen LogP contribution in [0.4, 0.5) is 4.79 Å². The number of benzene rings is 1. The average molecular weight is 366 g/mol. The molecule has 0 spiro atoms. The fraction of sp³-hybridized carbons (Fsp3) is 0.200. The van der Waals surface area contributed by atoms with Crippen LogP contribution in [0.2, 0.25) is 0 Å². The van der Waals surface area contributed by atoms with Crippen LogP contribution in [0.3, 0.4) is 0 Å². The molecule has 1 aromatic heterocycles. The van der Waals surface area contributed by atoms with Gasteiger partial charge in [0.1, 0.15) is 5.76 Å². The first-order valence-electron chi connectivity index (χ1n) is 6.69. The number of rotatable bonds is 6. The van der Waals surface area contributed by atoms with Gasteiger partial charge in [-0.05, 0) is 29.8 Å². The Labute approximate surface area is 136 Å². The molecule has 3 N–H and O–H groups in total. The third kappa shape index (κ3) is 5.61. The first-order chi connectivity index (χ1) is 10.6. The fourth-order valence-electron chi connectivity index (χ4n) is 1.71. The molecule has 0 aliphatic carbocycles. The van der Waals surface area contributed by atoms with Gasteiger partial charge in [0.05, 0.1) is 19.4 Å². The minimum atomic E-state index is -0.422. The monoisotopic (exact) mass is 365 g/mol. The lowest BCUT2D eigenvalue weighted by molar-refractivity contribution is -0.120. The van der Waals surface area contributed by atoms with E-state index in [1.54, 1.807) is 12.1 Å². The van der Waals surface area contributed by atoms with Gasteiger partial charge in [-0.3, -0.25) is 4.79 Å². The molecular weight excluding hydrogens is 350 g/mol. The summed E-state index contributed by atoms with van der Waals surface area (Å²) in [5.41, 5.74) is 0.977. The zero-order valence-corrected chi connectivity index (χ0v) is 13.4. The standard InChI is InChI=1S/C15H16BrN3O3/c16-12-4-1-3-11(7-12)8-17-14(20)10-19-15(21)18-9-13-5-2-6-22-13/h1-7H,8-10H2,(H,17,20)(H2,18,19,21). The van der Waals surface area contributed by atoms with Crippen LogP contribution in [-0.4, -0.2) is 18.5 Å². The fourth-order valence-corrected chi connectivity index (χ4v) is 2.16. The summed E-state index contributed by atoms with van der Waals surface area (Å²) in [6.07, 6.45) is 1.53. The third-order valence-electron chi connectivity index (χ3n) is 2.79. The molecule has 0 saturated heterocycles. The minimum Gasteiger partial charge on any atom is -0.467 e. The van der Waals surface area contributed by atoms with Crippen molar-refractivity contribution in [3.8, 4) is 0 Å². The lowest BCUT2D eigenvalue weighted by Crippen LogP contribution is -2.41. The third-order valence-corrected chi connectivity index (χ3v) is 3.28. The molecule has 0 bridgehead atoms. The summed E-state index contributed by atoms with van der Waals surface area (Å²) < 4.78 is 6.03. The summed E-state index contributed by atoms with van der Waals surface area (Å²) in [5.74, 6) is 0.391. The number of nitrogens with one attached hydrogen (secondary N) is 3. The van der Waals surface area contributed by atoms with Crippen molar-refractivity contribution in [1.82, 2.24) is 16.0 Å². The Bertz CT molecular complexity index is 629. The van der Waals surface area contributed by atoms with Crippen molar-refractivity contribution in [3.05, 3.63) is 58.5 Å². The van der Waals surface area contributed by atoms with Crippen LogP contribution in [0.15, 0.2) is 51.6 Å². The van der Waals surface area contributed by atoms with Crippen molar-refractivity contribution >= 4 is 27.9 Å².